The van der Waals surface area contributed by atoms with E-state index in [2.05, 4.69) is 53.6 Å². The lowest BCUT2D eigenvalue weighted by molar-refractivity contribution is -0.156. The molecule has 7 atom stereocenters. The predicted molar refractivity (Wildman–Crippen MR) is 151 cm³/mol. The van der Waals surface area contributed by atoms with E-state index in [0.717, 1.165) is 30.2 Å². The summed E-state index contributed by atoms with van der Waals surface area (Å²) < 4.78 is 35.3. The summed E-state index contributed by atoms with van der Waals surface area (Å²) in [5.41, 5.74) is 0. The van der Waals surface area contributed by atoms with E-state index in [0.29, 0.717) is 59.3 Å². The summed E-state index contributed by atoms with van der Waals surface area (Å²) in [6.45, 7) is 7.22. The second kappa shape index (κ2) is 12.8. The minimum atomic E-state index is -3.52. The SMILES string of the molecule is CC1CCC(C(C)C)C(OC(=O)CCC/C=C\C2C3CCC(C3)C2CNS(=O)(=O)c2ccc(Br)cc2)C1. The molecule has 0 heterocycles. The third-order valence-corrected chi connectivity index (χ3v) is 11.1. The number of hydrogen-bond acceptors (Lipinski definition) is 4. The summed E-state index contributed by atoms with van der Waals surface area (Å²) in [6, 6.07) is 6.78. The van der Waals surface area contributed by atoms with Gasteiger partial charge in [0.05, 0.1) is 4.90 Å². The van der Waals surface area contributed by atoms with Gasteiger partial charge in [-0.05, 0) is 111 Å². The van der Waals surface area contributed by atoms with Gasteiger partial charge in [0.15, 0.2) is 0 Å². The standard InChI is InChI=1S/C30H44BrNO4S/c1-20(2)26-16-9-21(3)17-29(26)36-30(33)8-6-4-5-7-27-22-10-11-23(18-22)28(27)19-32-37(34,35)25-14-12-24(31)13-15-25/h5,7,12-15,20-23,26-29,32H,4,6,8-11,16-19H2,1-3H3/b7-5-. The van der Waals surface area contributed by atoms with Crippen LogP contribution < -0.4 is 4.72 Å². The number of benzene rings is 1. The fraction of sp³-hybridized carbons (Fsp3) is 0.700. The normalized spacial score (nSPS) is 31.9. The van der Waals surface area contributed by atoms with E-state index < -0.39 is 10.0 Å². The number of halogens is 1. The van der Waals surface area contributed by atoms with Gasteiger partial charge in [-0.1, -0.05) is 55.3 Å². The molecule has 0 saturated heterocycles. The third-order valence-electron chi connectivity index (χ3n) is 9.15. The summed E-state index contributed by atoms with van der Waals surface area (Å²) in [5, 5.41) is 0. The summed E-state index contributed by atoms with van der Waals surface area (Å²) in [5.74, 6) is 3.59. The molecule has 3 aliphatic rings. The zero-order valence-corrected chi connectivity index (χ0v) is 25.0. The van der Waals surface area contributed by atoms with Crippen LogP contribution in [-0.2, 0) is 19.6 Å². The molecule has 7 heteroatoms. The summed E-state index contributed by atoms with van der Waals surface area (Å²) in [7, 11) is -3.52. The molecule has 0 aliphatic heterocycles. The Morgan fingerprint density at radius 3 is 2.57 bits per heavy atom. The largest absolute Gasteiger partial charge is 0.462 e. The monoisotopic (exact) mass is 593 g/mol. The first-order chi connectivity index (χ1) is 17.6. The Hall–Kier alpha value is -1.18. The Morgan fingerprint density at radius 2 is 1.84 bits per heavy atom. The molecular weight excluding hydrogens is 550 g/mol. The quantitative estimate of drug-likeness (QED) is 0.168. The van der Waals surface area contributed by atoms with E-state index in [1.165, 1.54) is 25.7 Å². The maximum atomic E-state index is 12.8. The highest BCUT2D eigenvalue weighted by Crippen LogP contribution is 2.52. The van der Waals surface area contributed by atoms with Crippen LogP contribution in [0.3, 0.4) is 0 Å². The van der Waals surface area contributed by atoms with Gasteiger partial charge in [-0.15, -0.1) is 0 Å². The number of hydrogen-bond donors (Lipinski definition) is 1. The number of ether oxygens (including phenoxy) is 1. The Balaban J connectivity index is 1.24. The molecule has 7 unspecified atom stereocenters. The molecular formula is C30H44BrNO4S. The zero-order chi connectivity index (χ0) is 26.6. The molecule has 3 saturated carbocycles. The van der Waals surface area contributed by atoms with Gasteiger partial charge in [0, 0.05) is 17.4 Å². The summed E-state index contributed by atoms with van der Waals surface area (Å²) >= 11 is 3.36. The summed E-state index contributed by atoms with van der Waals surface area (Å²) in [4.78, 5) is 12.9. The number of sulfonamides is 1. The Kier molecular flexibility index (Phi) is 9.96. The Morgan fingerprint density at radius 1 is 1.11 bits per heavy atom. The van der Waals surface area contributed by atoms with Gasteiger partial charge < -0.3 is 4.74 Å². The predicted octanol–water partition coefficient (Wildman–Crippen LogP) is 7.12. The van der Waals surface area contributed by atoms with E-state index >= 15 is 0 Å². The number of esters is 1. The lowest BCUT2D eigenvalue weighted by atomic mass is 9.75. The van der Waals surface area contributed by atoms with E-state index in [4.69, 9.17) is 4.74 Å². The number of carbonyl (C=O) groups excluding carboxylic acids is 1. The number of carbonyl (C=O) groups is 1. The average molecular weight is 595 g/mol. The highest BCUT2D eigenvalue weighted by Gasteiger charge is 2.46. The van der Waals surface area contributed by atoms with Gasteiger partial charge in [-0.3, -0.25) is 4.79 Å². The maximum absolute atomic E-state index is 12.8. The molecule has 1 aromatic rings. The molecule has 206 valence electrons. The topological polar surface area (TPSA) is 72.5 Å². The molecule has 1 aromatic carbocycles. The van der Waals surface area contributed by atoms with Crippen LogP contribution in [-0.4, -0.2) is 27.0 Å². The van der Waals surface area contributed by atoms with Gasteiger partial charge in [0.2, 0.25) is 10.0 Å². The van der Waals surface area contributed by atoms with Crippen LogP contribution in [0.5, 0.6) is 0 Å². The Bertz CT molecular complexity index is 1040. The molecule has 0 aromatic heterocycles. The highest BCUT2D eigenvalue weighted by molar-refractivity contribution is 9.10. The third kappa shape index (κ3) is 7.48. The van der Waals surface area contributed by atoms with E-state index in [-0.39, 0.29) is 12.1 Å². The van der Waals surface area contributed by atoms with Gasteiger partial charge in [0.25, 0.3) is 0 Å². The van der Waals surface area contributed by atoms with E-state index in [1.807, 2.05) is 0 Å². The lowest BCUT2D eigenvalue weighted by Crippen LogP contribution is -2.35. The number of unbranched alkanes of at least 4 members (excludes halogenated alkanes) is 1. The molecule has 4 rings (SSSR count). The summed E-state index contributed by atoms with van der Waals surface area (Å²) in [6.07, 6.45) is 13.7. The van der Waals surface area contributed by atoms with Crippen molar-refractivity contribution in [3.05, 3.63) is 40.9 Å². The van der Waals surface area contributed by atoms with Crippen molar-refractivity contribution in [2.24, 2.45) is 41.4 Å². The van der Waals surface area contributed by atoms with Crippen molar-refractivity contribution in [3.63, 3.8) is 0 Å². The first kappa shape index (κ1) is 28.8. The number of fused-ring (bicyclic) bond motifs is 2. The zero-order valence-electron chi connectivity index (χ0n) is 22.6. The van der Waals surface area contributed by atoms with Crippen LogP contribution in [0.4, 0.5) is 0 Å². The molecule has 2 bridgehead atoms. The second-order valence-corrected chi connectivity index (χ2v) is 14.7. The number of allylic oxidation sites excluding steroid dienone is 2. The van der Waals surface area contributed by atoms with Crippen molar-refractivity contribution < 1.29 is 17.9 Å². The lowest BCUT2D eigenvalue weighted by Gasteiger charge is -2.36. The molecule has 5 nitrogen and oxygen atoms in total. The Labute approximate surface area is 232 Å². The van der Waals surface area contributed by atoms with Gasteiger partial charge in [-0.25, -0.2) is 13.1 Å². The fourth-order valence-electron chi connectivity index (χ4n) is 7.06. The first-order valence-electron chi connectivity index (χ1n) is 14.3. The van der Waals surface area contributed by atoms with Crippen LogP contribution in [0.15, 0.2) is 45.8 Å². The smallest absolute Gasteiger partial charge is 0.306 e. The van der Waals surface area contributed by atoms with Crippen LogP contribution in [0.2, 0.25) is 0 Å². The first-order valence-corrected chi connectivity index (χ1v) is 16.5. The minimum Gasteiger partial charge on any atom is -0.462 e. The average Bonchev–Trinajstić information content (AvgIpc) is 3.45. The molecule has 0 amide bonds. The van der Waals surface area contributed by atoms with Crippen LogP contribution in [0, 0.1) is 41.4 Å². The van der Waals surface area contributed by atoms with Gasteiger partial charge >= 0.3 is 5.97 Å². The second-order valence-electron chi connectivity index (χ2n) is 12.1. The van der Waals surface area contributed by atoms with Gasteiger partial charge in [0.1, 0.15) is 6.10 Å². The van der Waals surface area contributed by atoms with Crippen molar-refractivity contribution in [3.8, 4) is 0 Å². The molecule has 0 spiro atoms. The molecule has 3 fully saturated rings. The van der Waals surface area contributed by atoms with Crippen molar-refractivity contribution in [2.45, 2.75) is 89.6 Å². The van der Waals surface area contributed by atoms with E-state index in [9.17, 15) is 13.2 Å². The fourth-order valence-corrected chi connectivity index (χ4v) is 8.39. The van der Waals surface area contributed by atoms with Crippen LogP contribution in [0.25, 0.3) is 0 Å². The van der Waals surface area contributed by atoms with E-state index in [1.54, 1.807) is 24.3 Å². The molecule has 3 aliphatic carbocycles. The van der Waals surface area contributed by atoms with Crippen molar-refractivity contribution in [2.75, 3.05) is 6.54 Å². The van der Waals surface area contributed by atoms with Crippen LogP contribution >= 0.6 is 15.9 Å². The van der Waals surface area contributed by atoms with Crippen molar-refractivity contribution in [1.29, 1.82) is 0 Å². The molecule has 37 heavy (non-hydrogen) atoms. The highest BCUT2D eigenvalue weighted by atomic mass is 79.9. The molecule has 1 N–H and O–H groups in total. The van der Waals surface area contributed by atoms with Crippen molar-refractivity contribution >= 4 is 31.9 Å². The maximum Gasteiger partial charge on any atom is 0.306 e. The van der Waals surface area contributed by atoms with Gasteiger partial charge in [-0.2, -0.15) is 0 Å². The number of nitrogens with one attached hydrogen (secondary N) is 1. The number of rotatable bonds is 11. The van der Waals surface area contributed by atoms with Crippen LogP contribution in [0.1, 0.15) is 78.6 Å². The minimum absolute atomic E-state index is 0.0571. The van der Waals surface area contributed by atoms with Crippen molar-refractivity contribution in [1.82, 2.24) is 4.72 Å². The molecule has 0 radical (unpaired) electrons.